The maximum Gasteiger partial charge on any atom is 0.291 e. The van der Waals surface area contributed by atoms with E-state index in [0.717, 1.165) is 25.9 Å². The van der Waals surface area contributed by atoms with Gasteiger partial charge in [0.05, 0.1) is 36.1 Å². The minimum absolute atomic E-state index is 0.0472. The molecule has 2 aliphatic heterocycles. The summed E-state index contributed by atoms with van der Waals surface area (Å²) in [5.41, 5.74) is 0.717. The van der Waals surface area contributed by atoms with Crippen LogP contribution in [0.2, 0.25) is 5.02 Å². The highest BCUT2D eigenvalue weighted by atomic mass is 35.5. The van der Waals surface area contributed by atoms with Gasteiger partial charge >= 0.3 is 0 Å². The third-order valence-electron chi connectivity index (χ3n) is 7.67. The van der Waals surface area contributed by atoms with E-state index in [2.05, 4.69) is 15.2 Å². The van der Waals surface area contributed by atoms with E-state index >= 15 is 0 Å². The average molecular weight is 601 g/mol. The minimum atomic E-state index is -1.14. The number of hydrogen-bond donors (Lipinski definition) is 1. The van der Waals surface area contributed by atoms with Gasteiger partial charge in [0.15, 0.2) is 17.4 Å². The lowest BCUT2D eigenvalue weighted by Gasteiger charge is -2.35. The molecule has 2 aliphatic rings. The molecule has 0 spiro atoms. The molecule has 13 heteroatoms. The summed E-state index contributed by atoms with van der Waals surface area (Å²) in [6.07, 6.45) is 3.52. The zero-order chi connectivity index (χ0) is 30.0. The van der Waals surface area contributed by atoms with E-state index in [0.29, 0.717) is 38.4 Å². The number of hydrogen-bond acceptors (Lipinski definition) is 6. The first-order valence-electron chi connectivity index (χ1n) is 13.6. The SMILES string of the molecule is COc1ccc(-c2cnc(C(=O)Nc3ccc(C(=O)N4CCN(C(=O)CN5CCCC5)CC4)c(Cl)c3)n2C)c(F)c1F. The third kappa shape index (κ3) is 5.95. The highest BCUT2D eigenvalue weighted by Crippen LogP contribution is 2.30. The Kier molecular flexibility index (Phi) is 8.74. The van der Waals surface area contributed by atoms with Gasteiger partial charge in [-0.05, 0) is 56.3 Å². The topological polar surface area (TPSA) is 100 Å². The van der Waals surface area contributed by atoms with Gasteiger partial charge in [-0.2, -0.15) is 4.39 Å². The summed E-state index contributed by atoms with van der Waals surface area (Å²) >= 11 is 6.44. The molecule has 5 rings (SSSR count). The van der Waals surface area contributed by atoms with Gasteiger partial charge in [-0.15, -0.1) is 0 Å². The number of ether oxygens (including phenoxy) is 1. The lowest BCUT2D eigenvalue weighted by atomic mass is 10.1. The number of benzene rings is 2. The van der Waals surface area contributed by atoms with E-state index in [-0.39, 0.29) is 45.2 Å². The molecule has 0 radical (unpaired) electrons. The molecule has 0 aliphatic carbocycles. The first kappa shape index (κ1) is 29.5. The van der Waals surface area contributed by atoms with E-state index in [1.54, 1.807) is 15.9 Å². The average Bonchev–Trinajstić information content (AvgIpc) is 3.64. The van der Waals surface area contributed by atoms with Crippen molar-refractivity contribution in [2.75, 3.05) is 58.2 Å². The van der Waals surface area contributed by atoms with E-state index in [1.807, 2.05) is 0 Å². The maximum absolute atomic E-state index is 14.6. The van der Waals surface area contributed by atoms with Crippen LogP contribution in [0.3, 0.4) is 0 Å². The van der Waals surface area contributed by atoms with Gasteiger partial charge in [0.25, 0.3) is 11.8 Å². The molecule has 2 aromatic carbocycles. The zero-order valence-corrected chi connectivity index (χ0v) is 24.1. The summed E-state index contributed by atoms with van der Waals surface area (Å²) in [6, 6.07) is 7.18. The molecule has 10 nitrogen and oxygen atoms in total. The van der Waals surface area contributed by atoms with Crippen LogP contribution in [0.25, 0.3) is 11.3 Å². The van der Waals surface area contributed by atoms with Gasteiger partial charge in [-0.1, -0.05) is 11.6 Å². The number of nitrogens with one attached hydrogen (secondary N) is 1. The lowest BCUT2D eigenvalue weighted by molar-refractivity contribution is -0.133. The summed E-state index contributed by atoms with van der Waals surface area (Å²) < 4.78 is 35.0. The van der Waals surface area contributed by atoms with Crippen LogP contribution in [-0.2, 0) is 11.8 Å². The maximum atomic E-state index is 14.6. The zero-order valence-electron chi connectivity index (χ0n) is 23.3. The molecule has 3 heterocycles. The van der Waals surface area contributed by atoms with Gasteiger partial charge in [-0.3, -0.25) is 19.3 Å². The molecular formula is C29H31ClF2N6O4. The largest absolute Gasteiger partial charge is 0.494 e. The number of aromatic nitrogens is 2. The Balaban J connectivity index is 1.21. The van der Waals surface area contributed by atoms with Crippen LogP contribution >= 0.6 is 11.6 Å². The Bertz CT molecular complexity index is 1520. The Morgan fingerprint density at radius 2 is 1.67 bits per heavy atom. The summed E-state index contributed by atoms with van der Waals surface area (Å²) in [5, 5.41) is 2.83. The van der Waals surface area contributed by atoms with Gasteiger partial charge in [-0.25, -0.2) is 9.37 Å². The molecule has 3 aromatic rings. The van der Waals surface area contributed by atoms with Crippen molar-refractivity contribution < 1.29 is 27.9 Å². The predicted molar refractivity (Wildman–Crippen MR) is 153 cm³/mol. The fourth-order valence-electron chi connectivity index (χ4n) is 5.27. The van der Waals surface area contributed by atoms with E-state index in [4.69, 9.17) is 16.3 Å². The van der Waals surface area contributed by atoms with Crippen LogP contribution in [0, 0.1) is 11.6 Å². The van der Waals surface area contributed by atoms with Crippen molar-refractivity contribution in [3.8, 4) is 17.0 Å². The van der Waals surface area contributed by atoms with Crippen molar-refractivity contribution in [2.45, 2.75) is 12.8 Å². The number of nitrogens with zero attached hydrogens (tertiary/aromatic N) is 5. The number of methoxy groups -OCH3 is 1. The molecule has 3 amide bonds. The van der Waals surface area contributed by atoms with Crippen LogP contribution < -0.4 is 10.1 Å². The molecular weight excluding hydrogens is 570 g/mol. The van der Waals surface area contributed by atoms with E-state index < -0.39 is 17.5 Å². The molecule has 42 heavy (non-hydrogen) atoms. The second kappa shape index (κ2) is 12.5. The number of carbonyl (C=O) groups is 3. The third-order valence-corrected chi connectivity index (χ3v) is 7.98. The van der Waals surface area contributed by atoms with Crippen molar-refractivity contribution in [1.29, 1.82) is 0 Å². The Hall–Kier alpha value is -4.03. The Labute approximate surface area is 246 Å². The fraction of sp³-hybridized carbons (Fsp3) is 0.379. The van der Waals surface area contributed by atoms with Crippen LogP contribution in [0.1, 0.15) is 33.8 Å². The predicted octanol–water partition coefficient (Wildman–Crippen LogP) is 3.66. The molecule has 0 unspecified atom stereocenters. The van der Waals surface area contributed by atoms with Crippen LogP contribution in [0.4, 0.5) is 14.5 Å². The number of likely N-dealkylation sites (tertiary alicyclic amines) is 1. The number of rotatable bonds is 7. The van der Waals surface area contributed by atoms with Crippen LogP contribution in [0.15, 0.2) is 36.5 Å². The minimum Gasteiger partial charge on any atom is -0.494 e. The highest BCUT2D eigenvalue weighted by Gasteiger charge is 2.28. The van der Waals surface area contributed by atoms with Gasteiger partial charge in [0, 0.05) is 44.5 Å². The first-order chi connectivity index (χ1) is 20.2. The number of piperazine rings is 1. The van der Waals surface area contributed by atoms with Crippen molar-refractivity contribution in [1.82, 2.24) is 24.3 Å². The van der Waals surface area contributed by atoms with Crippen LogP contribution in [0.5, 0.6) is 5.75 Å². The number of halogens is 3. The normalized spacial score (nSPS) is 15.6. The smallest absolute Gasteiger partial charge is 0.291 e. The second-order valence-corrected chi connectivity index (χ2v) is 10.7. The molecule has 2 fully saturated rings. The van der Waals surface area contributed by atoms with Crippen LogP contribution in [-0.4, -0.2) is 94.9 Å². The molecule has 1 N–H and O–H groups in total. The molecule has 1 aromatic heterocycles. The highest BCUT2D eigenvalue weighted by molar-refractivity contribution is 6.34. The van der Waals surface area contributed by atoms with Gasteiger partial charge in [0.1, 0.15) is 0 Å². The number of carbonyl (C=O) groups excluding carboxylic acids is 3. The lowest BCUT2D eigenvalue weighted by Crippen LogP contribution is -2.52. The number of amides is 3. The van der Waals surface area contributed by atoms with Crippen molar-refractivity contribution in [2.24, 2.45) is 7.05 Å². The Morgan fingerprint density at radius 1 is 0.976 bits per heavy atom. The standard InChI is InChI=1S/C29H31ClF2N6O4/c1-35-22(20-7-8-23(42-2)26(32)25(20)31)16-33-27(35)28(40)34-18-5-6-19(21(30)15-18)29(41)38-13-11-37(12-14-38)24(39)17-36-9-3-4-10-36/h5-8,15-16H,3-4,9-14,17H2,1-2H3,(H,34,40). The fourth-order valence-corrected chi connectivity index (χ4v) is 5.53. The summed E-state index contributed by atoms with van der Waals surface area (Å²) in [6.45, 7) is 4.05. The Morgan fingerprint density at radius 3 is 2.33 bits per heavy atom. The quantitative estimate of drug-likeness (QED) is 0.444. The first-order valence-corrected chi connectivity index (χ1v) is 14.0. The van der Waals surface area contributed by atoms with Gasteiger partial charge < -0.3 is 24.4 Å². The molecule has 0 atom stereocenters. The monoisotopic (exact) mass is 600 g/mol. The molecule has 2 saturated heterocycles. The van der Waals surface area contributed by atoms with E-state index in [1.165, 1.54) is 49.2 Å². The summed E-state index contributed by atoms with van der Waals surface area (Å²) in [7, 11) is 2.74. The second-order valence-electron chi connectivity index (χ2n) is 10.3. The van der Waals surface area contributed by atoms with Crippen molar-refractivity contribution in [3.05, 3.63) is 64.6 Å². The van der Waals surface area contributed by atoms with Gasteiger partial charge in [0.2, 0.25) is 11.7 Å². The molecule has 0 saturated carbocycles. The van der Waals surface area contributed by atoms with Crippen molar-refractivity contribution >= 4 is 35.0 Å². The summed E-state index contributed by atoms with van der Waals surface area (Å²) in [5.74, 6) is -3.32. The van der Waals surface area contributed by atoms with E-state index in [9.17, 15) is 23.2 Å². The number of imidazole rings is 1. The summed E-state index contributed by atoms with van der Waals surface area (Å²) in [4.78, 5) is 48.5. The number of anilines is 1. The molecule has 0 bridgehead atoms. The molecule has 222 valence electrons. The van der Waals surface area contributed by atoms with Crippen molar-refractivity contribution in [3.63, 3.8) is 0 Å².